The van der Waals surface area contributed by atoms with Crippen molar-refractivity contribution in [3.8, 4) is 0 Å². The van der Waals surface area contributed by atoms with Crippen molar-refractivity contribution in [3.05, 3.63) is 12.2 Å². The molecule has 60 heavy (non-hydrogen) atoms. The number of hydrogen-bond donors (Lipinski definition) is 0. The molecule has 2 heteroatoms. The normalized spacial score (nSPS) is 11.8. The third-order valence-corrected chi connectivity index (χ3v) is 13.3. The highest BCUT2D eigenvalue weighted by molar-refractivity contribution is 5.69. The zero-order valence-electron chi connectivity index (χ0n) is 42.1. The molecule has 0 aliphatic rings. The van der Waals surface area contributed by atoms with Gasteiger partial charge in [-0.25, -0.2) is 0 Å². The molecule has 358 valence electrons. The predicted molar refractivity (Wildman–Crippen MR) is 271 cm³/mol. The van der Waals surface area contributed by atoms with E-state index in [9.17, 15) is 4.79 Å². The summed E-state index contributed by atoms with van der Waals surface area (Å²) in [7, 11) is 0. The van der Waals surface area contributed by atoms with Gasteiger partial charge in [-0.3, -0.25) is 4.79 Å². The van der Waals surface area contributed by atoms with Crippen molar-refractivity contribution in [3.63, 3.8) is 0 Å². The maximum absolute atomic E-state index is 12.1. The molecule has 0 fully saturated rings. The van der Waals surface area contributed by atoms with Crippen LogP contribution in [0.2, 0.25) is 0 Å². The highest BCUT2D eigenvalue weighted by atomic mass is 16.5. The van der Waals surface area contributed by atoms with Crippen molar-refractivity contribution in [2.24, 2.45) is 5.92 Å². The quantitative estimate of drug-likeness (QED) is 0.0346. The first-order chi connectivity index (χ1) is 29.7. The van der Waals surface area contributed by atoms with Crippen LogP contribution in [0.15, 0.2) is 12.2 Å². The number of ether oxygens (including phenoxy) is 1. The van der Waals surface area contributed by atoms with Gasteiger partial charge in [0, 0.05) is 6.42 Å². The Bertz CT molecular complexity index is 801. The van der Waals surface area contributed by atoms with E-state index in [1.807, 2.05) is 0 Å². The monoisotopic (exact) mass is 843 g/mol. The molecule has 0 aliphatic heterocycles. The smallest absolute Gasteiger partial charge is 0.305 e. The van der Waals surface area contributed by atoms with Gasteiger partial charge in [-0.05, 0) is 44.4 Å². The summed E-state index contributed by atoms with van der Waals surface area (Å²) < 4.78 is 5.51. The van der Waals surface area contributed by atoms with E-state index in [-0.39, 0.29) is 5.97 Å². The number of rotatable bonds is 53. The van der Waals surface area contributed by atoms with Crippen LogP contribution in [0, 0.1) is 5.92 Å². The van der Waals surface area contributed by atoms with E-state index >= 15 is 0 Å². The molecule has 0 bridgehead atoms. The van der Waals surface area contributed by atoms with Gasteiger partial charge in [0.2, 0.25) is 0 Å². The van der Waals surface area contributed by atoms with E-state index in [4.69, 9.17) is 4.74 Å². The average molecular weight is 844 g/mol. The van der Waals surface area contributed by atoms with Crippen molar-refractivity contribution < 1.29 is 9.53 Å². The number of hydrogen-bond acceptors (Lipinski definition) is 2. The molecule has 0 N–H and O–H groups in total. The van der Waals surface area contributed by atoms with Crippen LogP contribution in [0.3, 0.4) is 0 Å². The van der Waals surface area contributed by atoms with E-state index in [2.05, 4.69) is 32.9 Å². The predicted octanol–water partition coefficient (Wildman–Crippen LogP) is 21.3. The fourth-order valence-corrected chi connectivity index (χ4v) is 9.09. The minimum Gasteiger partial charge on any atom is -0.466 e. The molecule has 0 atom stereocenters. The fraction of sp³-hybridized carbons (Fsp3) is 0.948. The number of unbranched alkanes of at least 4 members (excludes halogenated alkanes) is 45. The molecular formula is C58H114O2. The molecule has 0 unspecified atom stereocenters. The third kappa shape index (κ3) is 55.2. The van der Waals surface area contributed by atoms with Crippen molar-refractivity contribution in [2.75, 3.05) is 6.61 Å². The lowest BCUT2D eigenvalue weighted by molar-refractivity contribution is -0.143. The van der Waals surface area contributed by atoms with E-state index in [0.717, 1.165) is 18.8 Å². The molecule has 0 saturated carbocycles. The molecule has 2 nitrogen and oxygen atoms in total. The SMILES string of the molecule is CCCCCCCCC=CCCCCCCCCCCCCCC(=O)OCCCCCCCCCCCCCCCCCCCCCCCCCCCCCCCC(C)C. The van der Waals surface area contributed by atoms with E-state index in [1.54, 1.807) is 0 Å². The van der Waals surface area contributed by atoms with Gasteiger partial charge in [0.05, 0.1) is 6.61 Å². The third-order valence-electron chi connectivity index (χ3n) is 13.3. The molecule has 0 radical (unpaired) electrons. The Morgan fingerprint density at radius 3 is 0.883 bits per heavy atom. The maximum Gasteiger partial charge on any atom is 0.305 e. The van der Waals surface area contributed by atoms with Crippen LogP contribution in [0.4, 0.5) is 0 Å². The van der Waals surface area contributed by atoms with Crippen LogP contribution >= 0.6 is 0 Å². The summed E-state index contributed by atoms with van der Waals surface area (Å²) in [6.45, 7) is 7.62. The minimum atomic E-state index is 0.0312. The van der Waals surface area contributed by atoms with E-state index < -0.39 is 0 Å². The molecular weight excluding hydrogens is 729 g/mol. The second-order valence-electron chi connectivity index (χ2n) is 20.1. The largest absolute Gasteiger partial charge is 0.466 e. The fourth-order valence-electron chi connectivity index (χ4n) is 9.09. The lowest BCUT2D eigenvalue weighted by Crippen LogP contribution is -2.05. The first-order valence-corrected chi connectivity index (χ1v) is 28.5. The minimum absolute atomic E-state index is 0.0312. The summed E-state index contributed by atoms with van der Waals surface area (Å²) in [5.41, 5.74) is 0. The van der Waals surface area contributed by atoms with Crippen molar-refractivity contribution in [2.45, 2.75) is 342 Å². The van der Waals surface area contributed by atoms with Crippen LogP contribution in [0.5, 0.6) is 0 Å². The number of carbonyl (C=O) groups excluding carboxylic acids is 1. The van der Waals surface area contributed by atoms with Crippen LogP contribution in [-0.4, -0.2) is 12.6 Å². The molecule has 0 heterocycles. The molecule has 0 aliphatic carbocycles. The van der Waals surface area contributed by atoms with Crippen LogP contribution < -0.4 is 0 Å². The Kier molecular flexibility index (Phi) is 53.6. The first kappa shape index (κ1) is 59.2. The lowest BCUT2D eigenvalue weighted by atomic mass is 10.0. The van der Waals surface area contributed by atoms with Gasteiger partial charge in [-0.2, -0.15) is 0 Å². The van der Waals surface area contributed by atoms with Crippen molar-refractivity contribution >= 4 is 5.97 Å². The van der Waals surface area contributed by atoms with Gasteiger partial charge in [-0.15, -0.1) is 0 Å². The van der Waals surface area contributed by atoms with Gasteiger partial charge >= 0.3 is 5.97 Å². The average Bonchev–Trinajstić information content (AvgIpc) is 3.24. The second kappa shape index (κ2) is 54.3. The first-order valence-electron chi connectivity index (χ1n) is 28.5. The van der Waals surface area contributed by atoms with E-state index in [0.29, 0.717) is 13.0 Å². The van der Waals surface area contributed by atoms with Crippen LogP contribution in [0.25, 0.3) is 0 Å². The van der Waals surface area contributed by atoms with Gasteiger partial charge in [0.1, 0.15) is 0 Å². The Morgan fingerprint density at radius 2 is 0.583 bits per heavy atom. The molecule has 0 saturated heterocycles. The highest BCUT2D eigenvalue weighted by Gasteiger charge is 2.03. The molecule has 0 spiro atoms. The Balaban J connectivity index is 3.16. The maximum atomic E-state index is 12.1. The summed E-state index contributed by atoms with van der Waals surface area (Å²) >= 11 is 0. The molecule has 0 aromatic rings. The molecule has 0 aromatic carbocycles. The van der Waals surface area contributed by atoms with Crippen LogP contribution in [0.1, 0.15) is 342 Å². The van der Waals surface area contributed by atoms with E-state index in [1.165, 1.54) is 302 Å². The van der Waals surface area contributed by atoms with Gasteiger partial charge < -0.3 is 4.74 Å². The zero-order valence-corrected chi connectivity index (χ0v) is 42.1. The number of esters is 1. The number of allylic oxidation sites excluding steroid dienone is 2. The summed E-state index contributed by atoms with van der Waals surface area (Å²) in [6, 6.07) is 0. The summed E-state index contributed by atoms with van der Waals surface area (Å²) in [5, 5.41) is 0. The van der Waals surface area contributed by atoms with Crippen LogP contribution in [-0.2, 0) is 9.53 Å². The summed E-state index contributed by atoms with van der Waals surface area (Å²) in [6.07, 6.45) is 73.9. The summed E-state index contributed by atoms with van der Waals surface area (Å²) in [4.78, 5) is 12.1. The molecule has 0 amide bonds. The molecule has 0 aromatic heterocycles. The topological polar surface area (TPSA) is 26.3 Å². The van der Waals surface area contributed by atoms with Gasteiger partial charge in [0.25, 0.3) is 0 Å². The van der Waals surface area contributed by atoms with Gasteiger partial charge in [-0.1, -0.05) is 309 Å². The number of carbonyl (C=O) groups is 1. The Labute approximate surface area is 380 Å². The van der Waals surface area contributed by atoms with Gasteiger partial charge in [0.15, 0.2) is 0 Å². The molecule has 0 rings (SSSR count). The second-order valence-corrected chi connectivity index (χ2v) is 20.1. The van der Waals surface area contributed by atoms with Crippen molar-refractivity contribution in [1.82, 2.24) is 0 Å². The zero-order chi connectivity index (χ0) is 43.3. The Hall–Kier alpha value is -0.790. The highest BCUT2D eigenvalue weighted by Crippen LogP contribution is 2.18. The lowest BCUT2D eigenvalue weighted by Gasteiger charge is -2.06. The Morgan fingerprint density at radius 1 is 0.333 bits per heavy atom. The van der Waals surface area contributed by atoms with Crippen molar-refractivity contribution in [1.29, 1.82) is 0 Å². The standard InChI is InChI=1S/C58H114O2/c1-4-5-6-7-8-9-10-11-12-13-14-24-28-31-34-37-40-43-46-49-52-55-58(59)60-56-53-50-47-44-41-38-35-32-29-26-23-21-19-17-15-16-18-20-22-25-27-30-33-36-39-42-45-48-51-54-57(2)3/h11-12,57H,4-10,13-56H2,1-3H3. The summed E-state index contributed by atoms with van der Waals surface area (Å²) in [5.74, 6) is 0.919.